The fourth-order valence-electron chi connectivity index (χ4n) is 3.14. The average molecular weight is 439 g/mol. The van der Waals surface area contributed by atoms with E-state index in [0.717, 1.165) is 12.1 Å². The zero-order chi connectivity index (χ0) is 23.6. The third-order valence-electron chi connectivity index (χ3n) is 4.71. The summed E-state index contributed by atoms with van der Waals surface area (Å²) in [6.07, 6.45) is -4.72. The lowest BCUT2D eigenvalue weighted by Gasteiger charge is -2.11. The normalized spacial score (nSPS) is 10.9. The number of carboxylic acid groups (broad SMARTS) is 1. The molecule has 0 bridgehead atoms. The van der Waals surface area contributed by atoms with Crippen LogP contribution in [0.15, 0.2) is 54.6 Å². The summed E-state index contributed by atoms with van der Waals surface area (Å²) in [5.41, 5.74) is 5.85. The molecule has 4 N–H and O–H groups in total. The van der Waals surface area contributed by atoms with Crippen molar-refractivity contribution in [1.29, 1.82) is 0 Å². The van der Waals surface area contributed by atoms with Crippen LogP contribution in [0.1, 0.15) is 43.0 Å². The van der Waals surface area contributed by atoms with Crippen LogP contribution in [-0.4, -0.2) is 22.1 Å². The van der Waals surface area contributed by atoms with Crippen molar-refractivity contribution in [2.75, 3.05) is 0 Å². The predicted molar refractivity (Wildman–Crippen MR) is 111 cm³/mol. The van der Waals surface area contributed by atoms with Crippen LogP contribution in [0.25, 0.3) is 11.1 Å². The summed E-state index contributed by atoms with van der Waals surface area (Å²) in [5, 5.41) is 18.7. The Kier molecular flexibility index (Phi) is 5.94. The van der Waals surface area contributed by atoms with E-state index < -0.39 is 29.4 Å². The summed E-state index contributed by atoms with van der Waals surface area (Å²) in [5.74, 6) is 2.78. The first-order valence-corrected chi connectivity index (χ1v) is 9.18. The van der Waals surface area contributed by atoms with E-state index in [4.69, 9.17) is 5.73 Å². The van der Waals surface area contributed by atoms with Crippen LogP contribution in [0, 0.1) is 18.8 Å². The van der Waals surface area contributed by atoms with Gasteiger partial charge in [0.1, 0.15) is 5.75 Å². The van der Waals surface area contributed by atoms with Crippen LogP contribution < -0.4 is 5.73 Å². The minimum atomic E-state index is -4.72. The van der Waals surface area contributed by atoms with E-state index in [1.54, 1.807) is 19.1 Å². The van der Waals surface area contributed by atoms with Crippen molar-refractivity contribution in [3.8, 4) is 28.7 Å². The summed E-state index contributed by atoms with van der Waals surface area (Å²) in [7, 11) is 0. The van der Waals surface area contributed by atoms with Crippen molar-refractivity contribution in [1.82, 2.24) is 0 Å². The molecule has 8 heteroatoms. The number of phenolic OH excluding ortho intramolecular Hbond substituents is 1. The van der Waals surface area contributed by atoms with Gasteiger partial charge in [-0.15, -0.1) is 0 Å². The predicted octanol–water partition coefficient (Wildman–Crippen LogP) is 4.58. The number of benzene rings is 3. The number of aromatic hydroxyl groups is 1. The summed E-state index contributed by atoms with van der Waals surface area (Å²) in [4.78, 5) is 22.9. The molecular formula is C24H16F3NO4. The second-order valence-electron chi connectivity index (χ2n) is 6.94. The standard InChI is InChI=1S/C24H16F3NO4/c1-13-10-16(7-9-19(13)22(28)30)20-11-17(23(31)32)5-3-14(20)2-4-15-6-8-18(29)12-21(15)24(25,26)27/h3,5-12,29H,1H3,(H2,28,30)(H,31,32). The number of halogens is 3. The van der Waals surface area contributed by atoms with Gasteiger partial charge in [0.05, 0.1) is 11.1 Å². The topological polar surface area (TPSA) is 101 Å². The molecule has 0 spiro atoms. The number of aromatic carboxylic acids is 1. The van der Waals surface area contributed by atoms with E-state index in [2.05, 4.69) is 11.8 Å². The Hall–Kier alpha value is -4.25. The highest BCUT2D eigenvalue weighted by Gasteiger charge is 2.33. The van der Waals surface area contributed by atoms with Crippen molar-refractivity contribution in [3.05, 3.63) is 88.0 Å². The van der Waals surface area contributed by atoms with Crippen LogP contribution in [0.4, 0.5) is 13.2 Å². The fourth-order valence-corrected chi connectivity index (χ4v) is 3.14. The van der Waals surface area contributed by atoms with Crippen LogP contribution in [-0.2, 0) is 6.18 Å². The Labute approximate surface area is 180 Å². The van der Waals surface area contributed by atoms with E-state index in [9.17, 15) is 33.0 Å². The molecule has 0 unspecified atom stereocenters. The van der Waals surface area contributed by atoms with Crippen LogP contribution in [0.2, 0.25) is 0 Å². The summed E-state index contributed by atoms with van der Waals surface area (Å²) in [6, 6.07) is 11.5. The smallest absolute Gasteiger partial charge is 0.417 e. The lowest BCUT2D eigenvalue weighted by Crippen LogP contribution is -2.12. The highest BCUT2D eigenvalue weighted by Crippen LogP contribution is 2.34. The quantitative estimate of drug-likeness (QED) is 0.520. The molecule has 0 fully saturated rings. The Morgan fingerprint density at radius 1 is 0.938 bits per heavy atom. The molecule has 0 saturated heterocycles. The Bertz CT molecular complexity index is 1300. The number of amides is 1. The highest BCUT2D eigenvalue weighted by atomic mass is 19.4. The maximum Gasteiger partial charge on any atom is 0.417 e. The molecule has 0 atom stereocenters. The zero-order valence-corrected chi connectivity index (χ0v) is 16.6. The van der Waals surface area contributed by atoms with Gasteiger partial charge in [-0.25, -0.2) is 4.79 Å². The van der Waals surface area contributed by atoms with Gasteiger partial charge in [0.25, 0.3) is 0 Å². The zero-order valence-electron chi connectivity index (χ0n) is 16.6. The molecule has 0 aliphatic rings. The summed E-state index contributed by atoms with van der Waals surface area (Å²) >= 11 is 0. The van der Waals surface area contributed by atoms with Crippen molar-refractivity contribution in [3.63, 3.8) is 0 Å². The molecule has 3 aromatic carbocycles. The largest absolute Gasteiger partial charge is 0.508 e. The van der Waals surface area contributed by atoms with E-state index >= 15 is 0 Å². The first-order valence-electron chi connectivity index (χ1n) is 9.18. The molecule has 1 amide bonds. The minimum Gasteiger partial charge on any atom is -0.508 e. The van der Waals surface area contributed by atoms with Gasteiger partial charge in [-0.2, -0.15) is 13.2 Å². The lowest BCUT2D eigenvalue weighted by atomic mass is 9.94. The number of alkyl halides is 3. The van der Waals surface area contributed by atoms with Gasteiger partial charge >= 0.3 is 12.1 Å². The Morgan fingerprint density at radius 2 is 1.59 bits per heavy atom. The van der Waals surface area contributed by atoms with Crippen LogP contribution >= 0.6 is 0 Å². The van der Waals surface area contributed by atoms with Crippen LogP contribution in [0.5, 0.6) is 5.75 Å². The average Bonchev–Trinajstić information content (AvgIpc) is 2.71. The maximum atomic E-state index is 13.3. The molecule has 5 nitrogen and oxygen atoms in total. The van der Waals surface area contributed by atoms with Gasteiger partial charge in [0.15, 0.2) is 0 Å². The highest BCUT2D eigenvalue weighted by molar-refractivity contribution is 5.95. The van der Waals surface area contributed by atoms with Gasteiger partial charge in [-0.1, -0.05) is 24.0 Å². The fraction of sp³-hybridized carbons (Fsp3) is 0.0833. The maximum absolute atomic E-state index is 13.3. The number of hydrogen-bond donors (Lipinski definition) is 3. The van der Waals surface area contributed by atoms with E-state index in [0.29, 0.717) is 22.8 Å². The molecular weight excluding hydrogens is 423 g/mol. The summed E-state index contributed by atoms with van der Waals surface area (Å²) < 4.78 is 39.9. The lowest BCUT2D eigenvalue weighted by molar-refractivity contribution is -0.137. The molecule has 0 saturated carbocycles. The molecule has 3 rings (SSSR count). The van der Waals surface area contributed by atoms with Crippen molar-refractivity contribution >= 4 is 11.9 Å². The number of carbonyl (C=O) groups is 2. The van der Waals surface area contributed by atoms with Gasteiger partial charge in [-0.05, 0) is 66.1 Å². The number of hydrogen-bond acceptors (Lipinski definition) is 3. The second-order valence-corrected chi connectivity index (χ2v) is 6.94. The summed E-state index contributed by atoms with van der Waals surface area (Å²) in [6.45, 7) is 1.65. The van der Waals surface area contributed by atoms with Gasteiger partial charge < -0.3 is 15.9 Å². The van der Waals surface area contributed by atoms with Crippen molar-refractivity contribution in [2.24, 2.45) is 5.73 Å². The molecule has 3 aromatic rings. The molecule has 0 heterocycles. The monoisotopic (exact) mass is 439 g/mol. The van der Waals surface area contributed by atoms with E-state index in [1.807, 2.05) is 0 Å². The van der Waals surface area contributed by atoms with Crippen molar-refractivity contribution in [2.45, 2.75) is 13.1 Å². The molecule has 0 aromatic heterocycles. The van der Waals surface area contributed by atoms with Crippen molar-refractivity contribution < 1.29 is 33.0 Å². The molecule has 32 heavy (non-hydrogen) atoms. The number of carbonyl (C=O) groups excluding carboxylic acids is 1. The molecule has 0 aliphatic carbocycles. The first-order chi connectivity index (χ1) is 15.0. The number of nitrogens with two attached hydrogens (primary N) is 1. The first kappa shape index (κ1) is 22.4. The number of primary amides is 1. The third kappa shape index (κ3) is 4.73. The number of carboxylic acids is 1. The Morgan fingerprint density at radius 3 is 2.19 bits per heavy atom. The van der Waals surface area contributed by atoms with Gasteiger partial charge in [-0.3, -0.25) is 4.79 Å². The van der Waals surface area contributed by atoms with Gasteiger partial charge in [0.2, 0.25) is 5.91 Å². The number of aryl methyl sites for hydroxylation is 1. The molecule has 162 valence electrons. The Balaban J connectivity index is 2.18. The molecule has 0 radical (unpaired) electrons. The minimum absolute atomic E-state index is 0.0391. The van der Waals surface area contributed by atoms with Gasteiger partial charge in [0, 0.05) is 16.7 Å². The van der Waals surface area contributed by atoms with Crippen LogP contribution in [0.3, 0.4) is 0 Å². The second kappa shape index (κ2) is 8.47. The van der Waals surface area contributed by atoms with E-state index in [-0.39, 0.29) is 22.3 Å². The number of rotatable bonds is 3. The molecule has 0 aliphatic heterocycles. The van der Waals surface area contributed by atoms with E-state index in [1.165, 1.54) is 24.3 Å². The third-order valence-corrected chi connectivity index (χ3v) is 4.71. The SMILES string of the molecule is Cc1cc(-c2cc(C(=O)O)ccc2C#Cc2ccc(O)cc2C(F)(F)F)ccc1C(N)=O. The number of phenols is 1.